The normalized spacial score (nSPS) is 26.6. The van der Waals surface area contributed by atoms with Crippen LogP contribution < -0.4 is 4.90 Å². The van der Waals surface area contributed by atoms with E-state index in [0.717, 1.165) is 41.2 Å². The Labute approximate surface area is 145 Å². The molecule has 2 aromatic heterocycles. The molecule has 0 spiro atoms. The van der Waals surface area contributed by atoms with Gasteiger partial charge in [-0.1, -0.05) is 13.3 Å². The Morgan fingerprint density at radius 3 is 2.88 bits per heavy atom. The van der Waals surface area contributed by atoms with Crippen molar-refractivity contribution in [1.29, 1.82) is 0 Å². The Balaban J connectivity index is 1.32. The average Bonchev–Trinajstić information content (AvgIpc) is 2.96. The van der Waals surface area contributed by atoms with E-state index >= 15 is 0 Å². The van der Waals surface area contributed by atoms with Gasteiger partial charge in [0, 0.05) is 41.6 Å². The summed E-state index contributed by atoms with van der Waals surface area (Å²) in [4.78, 5) is 14.1. The van der Waals surface area contributed by atoms with Crippen LogP contribution in [-0.4, -0.2) is 43.8 Å². The predicted molar refractivity (Wildman–Crippen MR) is 98.6 cm³/mol. The first-order chi connectivity index (χ1) is 11.5. The van der Waals surface area contributed by atoms with E-state index in [-0.39, 0.29) is 0 Å². The summed E-state index contributed by atoms with van der Waals surface area (Å²) in [5.74, 6) is 3.38. The van der Waals surface area contributed by atoms with Crippen molar-refractivity contribution in [1.82, 2.24) is 15.0 Å². The van der Waals surface area contributed by atoms with E-state index in [9.17, 15) is 4.21 Å². The molecule has 0 radical (unpaired) electrons. The number of hydrogen-bond acceptors (Lipinski definition) is 4. The minimum atomic E-state index is -0.654. The third kappa shape index (κ3) is 2.96. The van der Waals surface area contributed by atoms with Gasteiger partial charge in [-0.15, -0.1) is 0 Å². The van der Waals surface area contributed by atoms with Crippen LogP contribution in [-0.2, 0) is 10.8 Å². The van der Waals surface area contributed by atoms with Crippen molar-refractivity contribution in [2.45, 2.75) is 45.1 Å². The summed E-state index contributed by atoms with van der Waals surface area (Å²) in [5.41, 5.74) is 1.25. The molecule has 4 rings (SSSR count). The van der Waals surface area contributed by atoms with Crippen molar-refractivity contribution in [2.24, 2.45) is 11.3 Å². The van der Waals surface area contributed by atoms with Crippen LogP contribution in [0.5, 0.6) is 0 Å². The third-order valence-corrected chi connectivity index (χ3v) is 7.78. The molecule has 2 aliphatic rings. The Hall–Kier alpha value is -1.43. The molecule has 2 aromatic rings. The lowest BCUT2D eigenvalue weighted by Crippen LogP contribution is -2.45. The Kier molecular flexibility index (Phi) is 4.11. The fourth-order valence-corrected chi connectivity index (χ4v) is 6.08. The highest BCUT2D eigenvalue weighted by molar-refractivity contribution is 7.85. The highest BCUT2D eigenvalue weighted by Crippen LogP contribution is 2.42. The first kappa shape index (κ1) is 16.1. The van der Waals surface area contributed by atoms with Crippen LogP contribution in [0.1, 0.15) is 39.0 Å². The molecule has 0 aromatic carbocycles. The van der Waals surface area contributed by atoms with Crippen molar-refractivity contribution >= 4 is 27.7 Å². The molecule has 1 atom stereocenters. The minimum absolute atomic E-state index is 0.367. The maximum atomic E-state index is 12.4. The van der Waals surface area contributed by atoms with Crippen molar-refractivity contribution in [3.63, 3.8) is 0 Å². The van der Waals surface area contributed by atoms with E-state index in [1.165, 1.54) is 19.3 Å². The van der Waals surface area contributed by atoms with Crippen molar-refractivity contribution in [2.75, 3.05) is 23.5 Å². The van der Waals surface area contributed by atoms with E-state index in [4.69, 9.17) is 0 Å². The summed E-state index contributed by atoms with van der Waals surface area (Å²) in [6.45, 7) is 2.29. The van der Waals surface area contributed by atoms with Gasteiger partial charge in [0.1, 0.15) is 17.8 Å². The third-order valence-electron chi connectivity index (χ3n) is 5.92. The number of aromatic nitrogens is 3. The zero-order valence-corrected chi connectivity index (χ0v) is 15.3. The van der Waals surface area contributed by atoms with Crippen LogP contribution in [0.15, 0.2) is 18.6 Å². The van der Waals surface area contributed by atoms with Gasteiger partial charge < -0.3 is 9.88 Å². The number of anilines is 1. The zero-order chi connectivity index (χ0) is 16.7. The van der Waals surface area contributed by atoms with Gasteiger partial charge in [-0.2, -0.15) is 0 Å². The number of hydrogen-bond donors (Lipinski definition) is 1. The van der Waals surface area contributed by atoms with Gasteiger partial charge in [0.25, 0.3) is 0 Å². The molecule has 0 amide bonds. The van der Waals surface area contributed by atoms with Gasteiger partial charge in [-0.05, 0) is 43.1 Å². The van der Waals surface area contributed by atoms with Gasteiger partial charge in [0.15, 0.2) is 0 Å². The largest absolute Gasteiger partial charge is 0.356 e. The lowest BCUT2D eigenvalue weighted by atomic mass is 9.72. The van der Waals surface area contributed by atoms with E-state index in [2.05, 4.69) is 33.8 Å². The number of H-pyrrole nitrogens is 1. The lowest BCUT2D eigenvalue weighted by Gasteiger charge is -2.43. The van der Waals surface area contributed by atoms with E-state index in [1.54, 1.807) is 6.33 Å². The average molecular weight is 347 g/mol. The van der Waals surface area contributed by atoms with E-state index < -0.39 is 10.8 Å². The van der Waals surface area contributed by atoms with Crippen LogP contribution in [0.4, 0.5) is 5.82 Å². The number of aromatic amines is 1. The molecule has 0 aliphatic heterocycles. The molecule has 130 valence electrons. The first-order valence-electron chi connectivity index (χ1n) is 8.90. The quantitative estimate of drug-likeness (QED) is 0.873. The molecule has 2 fully saturated rings. The fourth-order valence-electron chi connectivity index (χ4n) is 4.10. The molecule has 1 N–H and O–H groups in total. The molecule has 1 unspecified atom stereocenters. The van der Waals surface area contributed by atoms with Crippen LogP contribution in [0.2, 0.25) is 0 Å². The van der Waals surface area contributed by atoms with Gasteiger partial charge in [0.2, 0.25) is 0 Å². The number of nitrogens with one attached hydrogen (secondary N) is 1. The summed E-state index contributed by atoms with van der Waals surface area (Å²) in [7, 11) is 1.46. The number of fused-ring (bicyclic) bond motifs is 1. The SMILES string of the molecule is CN(c1ncnc2[nH]ccc12)C1CC(CS(=O)CC2(C)CCC2)C1. The maximum Gasteiger partial charge on any atom is 0.142 e. The minimum Gasteiger partial charge on any atom is -0.356 e. The second-order valence-corrected chi connectivity index (χ2v) is 9.46. The monoisotopic (exact) mass is 346 g/mol. The summed E-state index contributed by atoms with van der Waals surface area (Å²) in [6.07, 6.45) is 9.60. The maximum absolute atomic E-state index is 12.4. The van der Waals surface area contributed by atoms with Crippen molar-refractivity contribution in [3.8, 4) is 0 Å². The second kappa shape index (κ2) is 6.14. The molecule has 2 heterocycles. The second-order valence-electron chi connectivity index (χ2n) is 7.95. The van der Waals surface area contributed by atoms with Gasteiger partial charge in [-0.3, -0.25) is 4.21 Å². The molecule has 24 heavy (non-hydrogen) atoms. The van der Waals surface area contributed by atoms with Crippen molar-refractivity contribution < 1.29 is 4.21 Å². The topological polar surface area (TPSA) is 61.9 Å². The molecule has 0 bridgehead atoms. The molecule has 6 heteroatoms. The Morgan fingerprint density at radius 2 is 2.17 bits per heavy atom. The highest BCUT2D eigenvalue weighted by atomic mass is 32.2. The molecule has 0 saturated heterocycles. The van der Waals surface area contributed by atoms with Crippen LogP contribution >= 0.6 is 0 Å². The molecular formula is C18H26N4OS. The van der Waals surface area contributed by atoms with Gasteiger partial charge in [-0.25, -0.2) is 9.97 Å². The van der Waals surface area contributed by atoms with E-state index in [1.807, 2.05) is 12.3 Å². The lowest BCUT2D eigenvalue weighted by molar-refractivity contribution is 0.195. The summed E-state index contributed by atoms with van der Waals surface area (Å²) in [6, 6.07) is 2.53. The first-order valence-corrected chi connectivity index (χ1v) is 10.4. The van der Waals surface area contributed by atoms with Crippen LogP contribution in [0, 0.1) is 11.3 Å². The van der Waals surface area contributed by atoms with Crippen molar-refractivity contribution in [3.05, 3.63) is 18.6 Å². The summed E-state index contributed by atoms with van der Waals surface area (Å²) in [5, 5.41) is 1.07. The molecule has 2 saturated carbocycles. The summed E-state index contributed by atoms with van der Waals surface area (Å²) < 4.78 is 12.4. The smallest absolute Gasteiger partial charge is 0.142 e. The molecular weight excluding hydrogens is 320 g/mol. The standard InChI is InChI=1S/C18H26N4OS/c1-18(5-3-6-18)11-24(23)10-13-8-14(9-13)22(2)17-15-4-7-19-16(15)20-12-21-17/h4,7,12-14H,3,5-6,8-11H2,1-2H3,(H,19,20,21). The van der Waals surface area contributed by atoms with Gasteiger partial charge in [0.05, 0.1) is 5.39 Å². The number of nitrogens with zero attached hydrogens (tertiary/aromatic N) is 3. The predicted octanol–water partition coefficient (Wildman–Crippen LogP) is 3.11. The molecule has 5 nitrogen and oxygen atoms in total. The Morgan fingerprint density at radius 1 is 1.38 bits per heavy atom. The summed E-state index contributed by atoms with van der Waals surface area (Å²) >= 11 is 0. The highest BCUT2D eigenvalue weighted by Gasteiger charge is 2.37. The van der Waals surface area contributed by atoms with Crippen LogP contribution in [0.25, 0.3) is 11.0 Å². The zero-order valence-electron chi connectivity index (χ0n) is 14.5. The van der Waals surface area contributed by atoms with E-state index in [0.29, 0.717) is 17.4 Å². The van der Waals surface area contributed by atoms with Crippen LogP contribution in [0.3, 0.4) is 0 Å². The number of rotatable bonds is 6. The molecule has 2 aliphatic carbocycles. The Bertz CT molecular complexity index is 748. The fraction of sp³-hybridized carbons (Fsp3) is 0.667. The van der Waals surface area contributed by atoms with Gasteiger partial charge >= 0.3 is 0 Å².